The van der Waals surface area contributed by atoms with Gasteiger partial charge in [-0.25, -0.2) is 4.79 Å². The molecule has 2 aliphatic rings. The van der Waals surface area contributed by atoms with E-state index in [1.807, 2.05) is 11.0 Å². The van der Waals surface area contributed by atoms with Crippen molar-refractivity contribution in [2.75, 3.05) is 39.3 Å². The first-order valence-corrected chi connectivity index (χ1v) is 9.20. The molecule has 2 amide bonds. The van der Waals surface area contributed by atoms with Crippen LogP contribution < -0.4 is 5.32 Å². The van der Waals surface area contributed by atoms with E-state index in [1.165, 1.54) is 18.4 Å². The van der Waals surface area contributed by atoms with Gasteiger partial charge in [-0.15, -0.1) is 0 Å². The first-order chi connectivity index (χ1) is 11.8. The summed E-state index contributed by atoms with van der Waals surface area (Å²) in [5.74, 6) is 0.230. The summed E-state index contributed by atoms with van der Waals surface area (Å²) in [6.45, 7) is 4.48. The Morgan fingerprint density at radius 3 is 2.62 bits per heavy atom. The topological polar surface area (TPSA) is 55.8 Å². The van der Waals surface area contributed by atoms with Gasteiger partial charge in [0.2, 0.25) is 0 Å². The smallest absolute Gasteiger partial charge is 0.317 e. The van der Waals surface area contributed by atoms with Crippen molar-refractivity contribution < 1.29 is 9.90 Å². The van der Waals surface area contributed by atoms with E-state index in [1.54, 1.807) is 0 Å². The van der Waals surface area contributed by atoms with E-state index < -0.39 is 0 Å². The maximum absolute atomic E-state index is 12.5. The van der Waals surface area contributed by atoms with Gasteiger partial charge in [-0.1, -0.05) is 30.3 Å². The Hall–Kier alpha value is -1.59. The molecule has 2 saturated heterocycles. The van der Waals surface area contributed by atoms with Gasteiger partial charge in [0.25, 0.3) is 0 Å². The number of hydrogen-bond acceptors (Lipinski definition) is 3. The fourth-order valence-electron chi connectivity index (χ4n) is 3.88. The Morgan fingerprint density at radius 1 is 1.17 bits per heavy atom. The summed E-state index contributed by atoms with van der Waals surface area (Å²) in [6.07, 6.45) is 4.47. The fraction of sp³-hybridized carbons (Fsp3) is 0.632. The zero-order valence-corrected chi connectivity index (χ0v) is 14.4. The van der Waals surface area contributed by atoms with Crippen molar-refractivity contribution in [2.24, 2.45) is 5.92 Å². The van der Waals surface area contributed by atoms with Crippen LogP contribution in [0, 0.1) is 5.92 Å². The zero-order valence-electron chi connectivity index (χ0n) is 14.4. The molecule has 24 heavy (non-hydrogen) atoms. The number of carbonyl (C=O) groups is 1. The van der Waals surface area contributed by atoms with E-state index in [0.717, 1.165) is 32.5 Å². The van der Waals surface area contributed by atoms with Crippen LogP contribution in [-0.2, 0) is 0 Å². The number of benzene rings is 1. The van der Waals surface area contributed by atoms with Crippen LogP contribution in [-0.4, -0.2) is 60.3 Å². The third-order valence-electron chi connectivity index (χ3n) is 5.28. The van der Waals surface area contributed by atoms with Crippen molar-refractivity contribution in [1.82, 2.24) is 15.1 Å². The first-order valence-electron chi connectivity index (χ1n) is 9.20. The van der Waals surface area contributed by atoms with E-state index in [2.05, 4.69) is 34.5 Å². The van der Waals surface area contributed by atoms with Crippen LogP contribution in [0.2, 0.25) is 0 Å². The molecule has 2 fully saturated rings. The Morgan fingerprint density at radius 2 is 1.92 bits per heavy atom. The number of hydrogen-bond donors (Lipinski definition) is 2. The lowest BCUT2D eigenvalue weighted by atomic mass is 9.99. The summed E-state index contributed by atoms with van der Waals surface area (Å²) < 4.78 is 0. The Kier molecular flexibility index (Phi) is 6.10. The molecule has 2 atom stereocenters. The van der Waals surface area contributed by atoms with Crippen LogP contribution in [0.25, 0.3) is 0 Å². The number of nitrogens with zero attached hydrogens (tertiary/aromatic N) is 2. The third-order valence-corrected chi connectivity index (χ3v) is 5.28. The van der Waals surface area contributed by atoms with Crippen LogP contribution in [0.3, 0.4) is 0 Å². The lowest BCUT2D eigenvalue weighted by molar-refractivity contribution is 0.127. The number of piperidine rings is 1. The van der Waals surface area contributed by atoms with E-state index in [4.69, 9.17) is 0 Å². The summed E-state index contributed by atoms with van der Waals surface area (Å²) >= 11 is 0. The van der Waals surface area contributed by atoms with Gasteiger partial charge in [-0.3, -0.25) is 4.90 Å². The Bertz CT molecular complexity index is 517. The molecule has 3 rings (SSSR count). The van der Waals surface area contributed by atoms with Crippen molar-refractivity contribution in [2.45, 2.75) is 31.7 Å². The number of rotatable bonds is 5. The molecule has 0 spiro atoms. The highest BCUT2D eigenvalue weighted by molar-refractivity contribution is 5.74. The quantitative estimate of drug-likeness (QED) is 0.870. The van der Waals surface area contributed by atoms with Crippen LogP contribution in [0.5, 0.6) is 0 Å². The van der Waals surface area contributed by atoms with Gasteiger partial charge in [0.05, 0.1) is 6.04 Å². The Balaban J connectivity index is 1.59. The maximum Gasteiger partial charge on any atom is 0.317 e. The van der Waals surface area contributed by atoms with Crippen molar-refractivity contribution >= 4 is 6.03 Å². The number of amides is 2. The normalized spacial score (nSPS) is 23.2. The molecule has 0 radical (unpaired) electrons. The molecule has 0 aromatic heterocycles. The van der Waals surface area contributed by atoms with E-state index in [0.29, 0.717) is 13.1 Å². The second-order valence-corrected chi connectivity index (χ2v) is 6.99. The van der Waals surface area contributed by atoms with Gasteiger partial charge in [0.1, 0.15) is 0 Å². The molecule has 0 saturated carbocycles. The van der Waals surface area contributed by atoms with E-state index >= 15 is 0 Å². The van der Waals surface area contributed by atoms with E-state index in [9.17, 15) is 9.90 Å². The van der Waals surface area contributed by atoms with Crippen LogP contribution in [0.15, 0.2) is 30.3 Å². The number of aliphatic hydroxyl groups is 1. The minimum atomic E-state index is 0.00766. The van der Waals surface area contributed by atoms with Crippen molar-refractivity contribution in [3.05, 3.63) is 35.9 Å². The van der Waals surface area contributed by atoms with Gasteiger partial charge >= 0.3 is 6.03 Å². The number of likely N-dealkylation sites (tertiary alicyclic amines) is 2. The predicted molar refractivity (Wildman–Crippen MR) is 94.8 cm³/mol. The van der Waals surface area contributed by atoms with Gasteiger partial charge in [-0.2, -0.15) is 0 Å². The van der Waals surface area contributed by atoms with Gasteiger partial charge in [0, 0.05) is 26.2 Å². The highest BCUT2D eigenvalue weighted by Gasteiger charge is 2.26. The van der Waals surface area contributed by atoms with Gasteiger partial charge in [-0.05, 0) is 50.3 Å². The monoisotopic (exact) mass is 331 g/mol. The lowest BCUT2D eigenvalue weighted by Gasteiger charge is -2.33. The molecule has 0 aliphatic carbocycles. The molecule has 1 aromatic rings. The molecular weight excluding hydrogens is 302 g/mol. The van der Waals surface area contributed by atoms with Gasteiger partial charge in [0.15, 0.2) is 0 Å². The van der Waals surface area contributed by atoms with Gasteiger partial charge < -0.3 is 15.3 Å². The second kappa shape index (κ2) is 8.49. The highest BCUT2D eigenvalue weighted by atomic mass is 16.3. The van der Waals surface area contributed by atoms with Crippen LogP contribution in [0.1, 0.15) is 37.3 Å². The fourth-order valence-corrected chi connectivity index (χ4v) is 3.88. The first kappa shape index (κ1) is 17.2. The largest absolute Gasteiger partial charge is 0.396 e. The standard InChI is InChI=1S/C19H29N3O2/c23-15-16-7-6-12-22(14-16)19(24)20-13-18(21-10-4-5-11-21)17-8-2-1-3-9-17/h1-3,8-9,16,18,23H,4-7,10-15H2,(H,20,24). The maximum atomic E-state index is 12.5. The molecule has 2 unspecified atom stereocenters. The zero-order chi connectivity index (χ0) is 16.8. The molecule has 2 aliphatic heterocycles. The Labute approximate surface area is 144 Å². The predicted octanol–water partition coefficient (Wildman–Crippen LogP) is 2.24. The summed E-state index contributed by atoms with van der Waals surface area (Å²) in [7, 11) is 0. The summed E-state index contributed by atoms with van der Waals surface area (Å²) in [4.78, 5) is 16.9. The molecular formula is C19H29N3O2. The number of urea groups is 1. The van der Waals surface area contributed by atoms with Crippen LogP contribution in [0.4, 0.5) is 4.79 Å². The number of carbonyl (C=O) groups excluding carboxylic acids is 1. The lowest BCUT2D eigenvalue weighted by Crippen LogP contribution is -2.48. The molecule has 5 heteroatoms. The van der Waals surface area contributed by atoms with Crippen molar-refractivity contribution in [3.63, 3.8) is 0 Å². The minimum absolute atomic E-state index is 0.00766. The average molecular weight is 331 g/mol. The highest BCUT2D eigenvalue weighted by Crippen LogP contribution is 2.24. The van der Waals surface area contributed by atoms with Crippen molar-refractivity contribution in [1.29, 1.82) is 0 Å². The second-order valence-electron chi connectivity index (χ2n) is 6.99. The number of aliphatic hydroxyl groups excluding tert-OH is 1. The molecule has 0 bridgehead atoms. The molecule has 2 N–H and O–H groups in total. The minimum Gasteiger partial charge on any atom is -0.396 e. The molecule has 132 valence electrons. The molecule has 2 heterocycles. The van der Waals surface area contributed by atoms with Crippen LogP contribution >= 0.6 is 0 Å². The number of nitrogens with one attached hydrogen (secondary N) is 1. The third kappa shape index (κ3) is 4.28. The molecule has 1 aromatic carbocycles. The summed E-state index contributed by atoms with van der Waals surface area (Å²) in [5, 5.41) is 12.5. The van der Waals surface area contributed by atoms with Crippen molar-refractivity contribution in [3.8, 4) is 0 Å². The average Bonchev–Trinajstić information content (AvgIpc) is 3.17. The summed E-state index contributed by atoms with van der Waals surface area (Å²) in [6, 6.07) is 10.7. The molecule has 5 nitrogen and oxygen atoms in total. The van der Waals surface area contributed by atoms with E-state index in [-0.39, 0.29) is 24.6 Å². The summed E-state index contributed by atoms with van der Waals surface area (Å²) in [5.41, 5.74) is 1.27. The SMILES string of the molecule is O=C(NCC(c1ccccc1)N1CCCC1)N1CCCC(CO)C1.